The van der Waals surface area contributed by atoms with E-state index in [1.165, 1.54) is 6.20 Å². The minimum absolute atomic E-state index is 0.423. The summed E-state index contributed by atoms with van der Waals surface area (Å²) >= 11 is 0. The Morgan fingerprint density at radius 1 is 1.88 bits per heavy atom. The second-order valence-corrected chi connectivity index (χ2v) is 1.66. The van der Waals surface area contributed by atoms with Crippen molar-refractivity contribution < 1.29 is 4.39 Å². The van der Waals surface area contributed by atoms with Crippen molar-refractivity contribution in [1.29, 1.82) is 0 Å². The van der Waals surface area contributed by atoms with Crippen LogP contribution < -0.4 is 0 Å². The van der Waals surface area contributed by atoms with Crippen LogP contribution in [0.1, 0.15) is 5.56 Å². The fraction of sp³-hybridized carbons (Fsp3) is 0.400. The molecule has 3 heteroatoms. The van der Waals surface area contributed by atoms with Crippen LogP contribution >= 0.6 is 0 Å². The van der Waals surface area contributed by atoms with Gasteiger partial charge in [-0.3, -0.25) is 4.68 Å². The van der Waals surface area contributed by atoms with Crippen LogP contribution in [0, 0.1) is 0 Å². The molecule has 0 N–H and O–H groups in total. The van der Waals surface area contributed by atoms with Crippen LogP contribution in [-0.4, -0.2) is 9.78 Å². The topological polar surface area (TPSA) is 17.8 Å². The van der Waals surface area contributed by atoms with Gasteiger partial charge in [0.05, 0.1) is 6.20 Å². The molecule has 0 unspecified atom stereocenters. The summed E-state index contributed by atoms with van der Waals surface area (Å²) in [4.78, 5) is 0. The first-order chi connectivity index (χ1) is 3.83. The largest absolute Gasteiger partial charge is 0.275 e. The fourth-order valence-electron chi connectivity index (χ4n) is 0.541. The Bertz CT molecular complexity index is 171. The van der Waals surface area contributed by atoms with Gasteiger partial charge in [-0.15, -0.1) is 0 Å². The van der Waals surface area contributed by atoms with E-state index in [2.05, 4.69) is 5.10 Å². The summed E-state index contributed by atoms with van der Waals surface area (Å²) in [5, 5.41) is 3.76. The van der Waals surface area contributed by atoms with Gasteiger partial charge in [0.2, 0.25) is 0 Å². The predicted molar refractivity (Wildman–Crippen MR) is 28.0 cm³/mol. The van der Waals surface area contributed by atoms with E-state index in [9.17, 15) is 4.39 Å². The Balaban J connectivity index is 2.84. The van der Waals surface area contributed by atoms with Gasteiger partial charge in [-0.1, -0.05) is 0 Å². The Kier molecular flexibility index (Phi) is 1.28. The zero-order valence-electron chi connectivity index (χ0n) is 4.63. The quantitative estimate of drug-likeness (QED) is 0.530. The van der Waals surface area contributed by atoms with E-state index in [1.807, 2.05) is 0 Å². The van der Waals surface area contributed by atoms with Crippen LogP contribution in [0.25, 0.3) is 0 Å². The molecule has 0 radical (unpaired) electrons. The molecular weight excluding hydrogens is 107 g/mol. The molecule has 0 atom stereocenters. The average molecular weight is 114 g/mol. The number of rotatable bonds is 1. The second-order valence-electron chi connectivity index (χ2n) is 1.66. The van der Waals surface area contributed by atoms with Gasteiger partial charge in [0, 0.05) is 18.8 Å². The van der Waals surface area contributed by atoms with Gasteiger partial charge in [-0.25, -0.2) is 4.39 Å². The van der Waals surface area contributed by atoms with E-state index in [0.29, 0.717) is 5.56 Å². The van der Waals surface area contributed by atoms with Crippen molar-refractivity contribution in [2.45, 2.75) is 6.67 Å². The minimum Gasteiger partial charge on any atom is -0.275 e. The summed E-state index contributed by atoms with van der Waals surface area (Å²) in [5.41, 5.74) is 0.632. The first-order valence-corrected chi connectivity index (χ1v) is 2.36. The van der Waals surface area contributed by atoms with Crippen molar-refractivity contribution in [2.75, 3.05) is 0 Å². The molecule has 1 aromatic rings. The number of alkyl halides is 1. The first-order valence-electron chi connectivity index (χ1n) is 2.36. The molecule has 2 nitrogen and oxygen atoms in total. The van der Waals surface area contributed by atoms with Gasteiger partial charge < -0.3 is 0 Å². The Hall–Kier alpha value is -0.860. The molecule has 8 heavy (non-hydrogen) atoms. The SMILES string of the molecule is Cn1cc(CF)cn1. The van der Waals surface area contributed by atoms with Crippen LogP contribution in [0.2, 0.25) is 0 Å². The number of hydrogen-bond donors (Lipinski definition) is 0. The number of nitrogens with zero attached hydrogens (tertiary/aromatic N) is 2. The predicted octanol–water partition coefficient (Wildman–Crippen LogP) is 0.890. The molecule has 1 rings (SSSR count). The molecule has 0 aromatic carbocycles. The summed E-state index contributed by atoms with van der Waals surface area (Å²) in [7, 11) is 1.76. The Morgan fingerprint density at radius 2 is 2.62 bits per heavy atom. The molecule has 0 fully saturated rings. The third kappa shape index (κ3) is 0.857. The molecule has 1 aromatic heterocycles. The van der Waals surface area contributed by atoms with Crippen molar-refractivity contribution in [3.8, 4) is 0 Å². The summed E-state index contributed by atoms with van der Waals surface area (Å²) < 4.78 is 13.3. The molecule has 1 heterocycles. The highest BCUT2D eigenvalue weighted by molar-refractivity contribution is 5.00. The molecule has 44 valence electrons. The minimum atomic E-state index is -0.423. The number of aryl methyl sites for hydroxylation is 1. The van der Waals surface area contributed by atoms with Crippen LogP contribution in [0.5, 0.6) is 0 Å². The van der Waals surface area contributed by atoms with Crippen molar-refractivity contribution in [2.24, 2.45) is 7.05 Å². The van der Waals surface area contributed by atoms with E-state index in [4.69, 9.17) is 0 Å². The molecule has 0 aliphatic rings. The van der Waals surface area contributed by atoms with Gasteiger partial charge in [0.15, 0.2) is 0 Å². The van der Waals surface area contributed by atoms with Crippen molar-refractivity contribution in [3.05, 3.63) is 18.0 Å². The Labute approximate surface area is 46.9 Å². The standard InChI is InChI=1S/C5H7FN2/c1-8-4-5(2-6)3-7-8/h3-4H,2H2,1H3. The van der Waals surface area contributed by atoms with Crippen LogP contribution in [0.3, 0.4) is 0 Å². The second kappa shape index (κ2) is 1.94. The maximum absolute atomic E-state index is 11.7. The Morgan fingerprint density at radius 3 is 2.88 bits per heavy atom. The van der Waals surface area contributed by atoms with Gasteiger partial charge in [0.25, 0.3) is 0 Å². The number of aromatic nitrogens is 2. The van der Waals surface area contributed by atoms with Crippen LogP contribution in [0.15, 0.2) is 12.4 Å². The first kappa shape index (κ1) is 5.28. The van der Waals surface area contributed by atoms with Gasteiger partial charge in [-0.05, 0) is 0 Å². The van der Waals surface area contributed by atoms with Gasteiger partial charge in [0.1, 0.15) is 6.67 Å². The lowest BCUT2D eigenvalue weighted by Gasteiger charge is -1.80. The summed E-state index contributed by atoms with van der Waals surface area (Å²) in [6, 6.07) is 0. The van der Waals surface area contributed by atoms with Crippen molar-refractivity contribution in [3.63, 3.8) is 0 Å². The monoisotopic (exact) mass is 114 g/mol. The van der Waals surface area contributed by atoms with Crippen molar-refractivity contribution in [1.82, 2.24) is 9.78 Å². The fourth-order valence-corrected chi connectivity index (χ4v) is 0.541. The molecular formula is C5H7FN2. The molecule has 0 bridgehead atoms. The molecule has 0 saturated heterocycles. The summed E-state index contributed by atoms with van der Waals surface area (Å²) in [6.45, 7) is -0.423. The van der Waals surface area contributed by atoms with Gasteiger partial charge >= 0.3 is 0 Å². The molecule has 0 saturated carbocycles. The third-order valence-electron chi connectivity index (χ3n) is 0.913. The molecule has 0 spiro atoms. The van der Waals surface area contributed by atoms with E-state index < -0.39 is 6.67 Å². The zero-order valence-corrected chi connectivity index (χ0v) is 4.63. The maximum atomic E-state index is 11.7. The third-order valence-corrected chi connectivity index (χ3v) is 0.913. The van der Waals surface area contributed by atoms with E-state index >= 15 is 0 Å². The van der Waals surface area contributed by atoms with Crippen LogP contribution in [0.4, 0.5) is 4.39 Å². The van der Waals surface area contributed by atoms with Crippen LogP contribution in [-0.2, 0) is 13.7 Å². The van der Waals surface area contributed by atoms with Crippen molar-refractivity contribution >= 4 is 0 Å². The lowest BCUT2D eigenvalue weighted by Crippen LogP contribution is -1.84. The number of halogens is 1. The van der Waals surface area contributed by atoms with E-state index in [1.54, 1.807) is 17.9 Å². The maximum Gasteiger partial charge on any atom is 0.118 e. The van der Waals surface area contributed by atoms with Gasteiger partial charge in [-0.2, -0.15) is 5.10 Å². The highest BCUT2D eigenvalue weighted by atomic mass is 19.1. The highest BCUT2D eigenvalue weighted by Crippen LogP contribution is 1.96. The average Bonchev–Trinajstić information content (AvgIpc) is 2.14. The number of hydrogen-bond acceptors (Lipinski definition) is 1. The normalized spacial score (nSPS) is 9.75. The molecule has 0 amide bonds. The summed E-state index contributed by atoms with van der Waals surface area (Å²) in [5.74, 6) is 0. The summed E-state index contributed by atoms with van der Waals surface area (Å²) in [6.07, 6.45) is 3.17. The van der Waals surface area contributed by atoms with E-state index in [0.717, 1.165) is 0 Å². The smallest absolute Gasteiger partial charge is 0.118 e. The highest BCUT2D eigenvalue weighted by Gasteiger charge is 1.90. The lowest BCUT2D eigenvalue weighted by atomic mass is 10.4. The molecule has 0 aliphatic carbocycles. The lowest BCUT2D eigenvalue weighted by molar-refractivity contribution is 0.485. The molecule has 0 aliphatic heterocycles. The zero-order chi connectivity index (χ0) is 5.98. The van der Waals surface area contributed by atoms with E-state index in [-0.39, 0.29) is 0 Å².